The Kier molecular flexibility index (Phi) is 6.87. The van der Waals surface area contributed by atoms with Gasteiger partial charge in [-0.05, 0) is 32.3 Å². The zero-order chi connectivity index (χ0) is 18.4. The Labute approximate surface area is 145 Å². The topological polar surface area (TPSA) is 66.8 Å². The Morgan fingerprint density at radius 3 is 2.68 bits per heavy atom. The fourth-order valence-electron chi connectivity index (χ4n) is 2.94. The average Bonchev–Trinajstić information content (AvgIpc) is 2.98. The molecule has 1 aromatic carbocycles. The minimum absolute atomic E-state index is 0.0196. The second-order valence-corrected chi connectivity index (χ2v) is 6.36. The van der Waals surface area contributed by atoms with Crippen LogP contribution in [0.3, 0.4) is 0 Å². The first kappa shape index (κ1) is 19.3. The molecule has 1 amide bonds. The number of carbonyl (C=O) groups is 2. The van der Waals surface area contributed by atoms with E-state index in [1.54, 1.807) is 0 Å². The molecular formula is C18H23F2NO4. The van der Waals surface area contributed by atoms with Gasteiger partial charge in [0.2, 0.25) is 5.91 Å². The highest BCUT2D eigenvalue weighted by Crippen LogP contribution is 2.23. The molecule has 1 fully saturated rings. The van der Waals surface area contributed by atoms with Crippen LogP contribution in [-0.4, -0.2) is 40.6 Å². The van der Waals surface area contributed by atoms with Crippen LogP contribution in [0.4, 0.5) is 8.78 Å². The Morgan fingerprint density at radius 2 is 2.04 bits per heavy atom. The summed E-state index contributed by atoms with van der Waals surface area (Å²) in [6.07, 6.45) is 2.53. The predicted octanol–water partition coefficient (Wildman–Crippen LogP) is 3.12. The summed E-state index contributed by atoms with van der Waals surface area (Å²) in [5.74, 6) is -3.33. The van der Waals surface area contributed by atoms with E-state index in [0.29, 0.717) is 6.42 Å². The molecular weight excluding hydrogens is 332 g/mol. The molecule has 1 heterocycles. The second kappa shape index (κ2) is 8.89. The number of carboxylic acid groups (broad SMARTS) is 1. The summed E-state index contributed by atoms with van der Waals surface area (Å²) in [5, 5.41) is 8.85. The largest absolute Gasteiger partial charge is 0.481 e. The number of carbonyl (C=O) groups excluding carboxylic acids is 1. The fraction of sp³-hybridized carbons (Fsp3) is 0.556. The average molecular weight is 355 g/mol. The monoisotopic (exact) mass is 355 g/mol. The number of ether oxygens (including phenoxy) is 1. The van der Waals surface area contributed by atoms with Crippen molar-refractivity contribution in [1.82, 2.24) is 4.90 Å². The summed E-state index contributed by atoms with van der Waals surface area (Å²) in [5.41, 5.74) is 0.0319. The Bertz CT molecular complexity index is 623. The lowest BCUT2D eigenvalue weighted by Gasteiger charge is -2.23. The van der Waals surface area contributed by atoms with Crippen molar-refractivity contribution in [3.63, 3.8) is 0 Å². The van der Waals surface area contributed by atoms with E-state index < -0.39 is 17.6 Å². The first-order valence-electron chi connectivity index (χ1n) is 8.44. The smallest absolute Gasteiger partial charge is 0.305 e. The molecule has 1 aliphatic rings. The van der Waals surface area contributed by atoms with Gasteiger partial charge in [-0.25, -0.2) is 8.78 Å². The van der Waals surface area contributed by atoms with Crippen LogP contribution in [0.1, 0.15) is 44.6 Å². The molecule has 0 bridgehead atoms. The van der Waals surface area contributed by atoms with Crippen molar-refractivity contribution < 1.29 is 28.2 Å². The van der Waals surface area contributed by atoms with Gasteiger partial charge in [-0.2, -0.15) is 0 Å². The van der Waals surface area contributed by atoms with Crippen molar-refractivity contribution in [2.45, 2.75) is 57.8 Å². The van der Waals surface area contributed by atoms with Crippen molar-refractivity contribution in [2.24, 2.45) is 0 Å². The maximum absolute atomic E-state index is 13.8. The first-order valence-corrected chi connectivity index (χ1v) is 8.44. The summed E-state index contributed by atoms with van der Waals surface area (Å²) in [6, 6.07) is 3.75. The van der Waals surface area contributed by atoms with E-state index in [1.807, 2.05) is 6.92 Å². The third-order valence-corrected chi connectivity index (χ3v) is 4.34. The van der Waals surface area contributed by atoms with Crippen LogP contribution in [0.2, 0.25) is 0 Å². The van der Waals surface area contributed by atoms with Gasteiger partial charge in [-0.15, -0.1) is 0 Å². The van der Waals surface area contributed by atoms with Crippen LogP contribution >= 0.6 is 0 Å². The molecule has 0 radical (unpaired) electrons. The molecule has 1 saturated heterocycles. The standard InChI is InChI=1S/C18H23F2NO4/c1-12-5-6-14(25-12)7-8-16(22)21(10-9-17(23)24)11-13-3-2-4-15(19)18(13)20/h2-4,12,14H,5-11H2,1H3,(H,23,24)/t12-,14-/m1/s1. The van der Waals surface area contributed by atoms with Gasteiger partial charge in [-0.1, -0.05) is 12.1 Å². The molecule has 2 rings (SSSR count). The molecule has 138 valence electrons. The highest BCUT2D eigenvalue weighted by Gasteiger charge is 2.24. The molecule has 1 aliphatic heterocycles. The molecule has 0 saturated carbocycles. The van der Waals surface area contributed by atoms with E-state index >= 15 is 0 Å². The second-order valence-electron chi connectivity index (χ2n) is 6.36. The minimum atomic E-state index is -1.05. The van der Waals surface area contributed by atoms with Gasteiger partial charge in [0, 0.05) is 25.1 Å². The Morgan fingerprint density at radius 1 is 1.28 bits per heavy atom. The molecule has 7 heteroatoms. The van der Waals surface area contributed by atoms with Crippen LogP contribution in [0, 0.1) is 11.6 Å². The van der Waals surface area contributed by atoms with Crippen LogP contribution in [0.25, 0.3) is 0 Å². The first-order chi connectivity index (χ1) is 11.9. The molecule has 1 N–H and O–H groups in total. The molecule has 0 aliphatic carbocycles. The lowest BCUT2D eigenvalue weighted by atomic mass is 10.1. The van der Waals surface area contributed by atoms with Gasteiger partial charge < -0.3 is 14.7 Å². The summed E-state index contributed by atoms with van der Waals surface area (Å²) in [4.78, 5) is 24.5. The number of benzene rings is 1. The van der Waals surface area contributed by atoms with E-state index in [9.17, 15) is 18.4 Å². The van der Waals surface area contributed by atoms with Crippen LogP contribution < -0.4 is 0 Å². The molecule has 0 unspecified atom stereocenters. The minimum Gasteiger partial charge on any atom is -0.481 e. The quantitative estimate of drug-likeness (QED) is 0.778. The van der Waals surface area contributed by atoms with Gasteiger partial charge in [0.05, 0.1) is 18.6 Å². The number of hydrogen-bond acceptors (Lipinski definition) is 3. The normalized spacial score (nSPS) is 19.8. The summed E-state index contributed by atoms with van der Waals surface area (Å²) < 4.78 is 32.9. The summed E-state index contributed by atoms with van der Waals surface area (Å²) in [7, 11) is 0. The Hall–Kier alpha value is -2.02. The summed E-state index contributed by atoms with van der Waals surface area (Å²) >= 11 is 0. The van der Waals surface area contributed by atoms with E-state index in [0.717, 1.165) is 18.9 Å². The molecule has 25 heavy (non-hydrogen) atoms. The van der Waals surface area contributed by atoms with Gasteiger partial charge in [0.15, 0.2) is 11.6 Å². The molecule has 2 atom stereocenters. The predicted molar refractivity (Wildman–Crippen MR) is 86.8 cm³/mol. The zero-order valence-electron chi connectivity index (χ0n) is 14.2. The number of amides is 1. The van der Waals surface area contributed by atoms with Crippen molar-refractivity contribution in [3.8, 4) is 0 Å². The fourth-order valence-corrected chi connectivity index (χ4v) is 2.94. The Balaban J connectivity index is 1.99. The SMILES string of the molecule is C[C@@H]1CC[C@H](CCC(=O)N(CCC(=O)O)Cc2cccc(F)c2F)O1. The van der Waals surface area contributed by atoms with Crippen LogP contribution in [-0.2, 0) is 20.9 Å². The van der Waals surface area contributed by atoms with E-state index in [4.69, 9.17) is 9.84 Å². The number of halogens is 2. The molecule has 0 aromatic heterocycles. The van der Waals surface area contributed by atoms with Crippen molar-refractivity contribution in [2.75, 3.05) is 6.54 Å². The number of rotatable bonds is 8. The van der Waals surface area contributed by atoms with E-state index in [2.05, 4.69) is 0 Å². The number of aliphatic carboxylic acids is 1. The van der Waals surface area contributed by atoms with Gasteiger partial charge in [0.1, 0.15) is 0 Å². The third-order valence-electron chi connectivity index (χ3n) is 4.34. The maximum Gasteiger partial charge on any atom is 0.305 e. The van der Waals surface area contributed by atoms with Crippen molar-refractivity contribution in [1.29, 1.82) is 0 Å². The van der Waals surface area contributed by atoms with E-state index in [-0.39, 0.29) is 49.6 Å². The lowest BCUT2D eigenvalue weighted by molar-refractivity contribution is -0.139. The molecule has 5 nitrogen and oxygen atoms in total. The van der Waals surface area contributed by atoms with E-state index in [1.165, 1.54) is 17.0 Å². The molecule has 0 spiro atoms. The van der Waals surface area contributed by atoms with Gasteiger partial charge >= 0.3 is 5.97 Å². The van der Waals surface area contributed by atoms with Gasteiger partial charge in [0.25, 0.3) is 0 Å². The lowest BCUT2D eigenvalue weighted by Crippen LogP contribution is -2.33. The number of nitrogens with zero attached hydrogens (tertiary/aromatic N) is 1. The number of hydrogen-bond donors (Lipinski definition) is 1. The van der Waals surface area contributed by atoms with Gasteiger partial charge in [-0.3, -0.25) is 9.59 Å². The summed E-state index contributed by atoms with van der Waals surface area (Å²) in [6.45, 7) is 1.78. The molecule has 1 aromatic rings. The van der Waals surface area contributed by atoms with Crippen LogP contribution in [0.15, 0.2) is 18.2 Å². The number of carboxylic acids is 1. The van der Waals surface area contributed by atoms with Crippen LogP contribution in [0.5, 0.6) is 0 Å². The van der Waals surface area contributed by atoms with Crippen molar-refractivity contribution >= 4 is 11.9 Å². The maximum atomic E-state index is 13.8. The van der Waals surface area contributed by atoms with Crippen molar-refractivity contribution in [3.05, 3.63) is 35.4 Å². The highest BCUT2D eigenvalue weighted by atomic mass is 19.2. The third kappa shape index (κ3) is 5.77. The zero-order valence-corrected chi connectivity index (χ0v) is 14.2. The highest BCUT2D eigenvalue weighted by molar-refractivity contribution is 5.77.